The standard InChI is InChI=1S/C9H14N2O5/c1-16-4-6(9(14)15)11-8(13)5-2-3-7(12)10-5/h5-6H,2-4H2,1H3,(H,10,12)(H,11,13)(H,14,15)/t5-,6?/m1/s1. The first-order valence-corrected chi connectivity index (χ1v) is 4.86. The van der Waals surface area contributed by atoms with E-state index in [2.05, 4.69) is 15.4 Å². The fraction of sp³-hybridized carbons (Fsp3) is 0.667. The lowest BCUT2D eigenvalue weighted by Gasteiger charge is -2.16. The minimum atomic E-state index is -1.17. The van der Waals surface area contributed by atoms with E-state index in [0.717, 1.165) is 0 Å². The van der Waals surface area contributed by atoms with Crippen molar-refractivity contribution in [3.05, 3.63) is 0 Å². The zero-order valence-corrected chi connectivity index (χ0v) is 8.86. The maximum atomic E-state index is 11.5. The molecule has 1 unspecified atom stereocenters. The minimum Gasteiger partial charge on any atom is -0.480 e. The van der Waals surface area contributed by atoms with E-state index in [9.17, 15) is 14.4 Å². The molecule has 3 N–H and O–H groups in total. The van der Waals surface area contributed by atoms with Crippen LogP contribution in [0.5, 0.6) is 0 Å². The van der Waals surface area contributed by atoms with E-state index >= 15 is 0 Å². The lowest BCUT2D eigenvalue weighted by Crippen LogP contribution is -2.50. The van der Waals surface area contributed by atoms with Gasteiger partial charge in [0.15, 0.2) is 6.04 Å². The molecular formula is C9H14N2O5. The van der Waals surface area contributed by atoms with Crippen molar-refractivity contribution in [3.8, 4) is 0 Å². The Morgan fingerprint density at radius 3 is 2.81 bits per heavy atom. The van der Waals surface area contributed by atoms with Gasteiger partial charge in [-0.15, -0.1) is 0 Å². The summed E-state index contributed by atoms with van der Waals surface area (Å²) in [6, 6.07) is -1.72. The third-order valence-electron chi connectivity index (χ3n) is 2.26. The molecule has 16 heavy (non-hydrogen) atoms. The number of methoxy groups -OCH3 is 1. The van der Waals surface area contributed by atoms with Gasteiger partial charge in [-0.05, 0) is 6.42 Å². The lowest BCUT2D eigenvalue weighted by atomic mass is 10.2. The third-order valence-corrected chi connectivity index (χ3v) is 2.26. The molecule has 0 saturated carbocycles. The maximum Gasteiger partial charge on any atom is 0.328 e. The van der Waals surface area contributed by atoms with E-state index in [1.165, 1.54) is 7.11 Å². The molecule has 0 spiro atoms. The van der Waals surface area contributed by atoms with Crippen LogP contribution in [0.25, 0.3) is 0 Å². The summed E-state index contributed by atoms with van der Waals surface area (Å²) >= 11 is 0. The van der Waals surface area contributed by atoms with E-state index < -0.39 is 24.0 Å². The number of rotatable bonds is 5. The van der Waals surface area contributed by atoms with Crippen molar-refractivity contribution in [3.63, 3.8) is 0 Å². The zero-order valence-electron chi connectivity index (χ0n) is 8.86. The highest BCUT2D eigenvalue weighted by Gasteiger charge is 2.30. The molecule has 0 aromatic rings. The summed E-state index contributed by atoms with van der Waals surface area (Å²) < 4.78 is 4.67. The van der Waals surface area contributed by atoms with Gasteiger partial charge in [0.25, 0.3) is 0 Å². The highest BCUT2D eigenvalue weighted by atomic mass is 16.5. The van der Waals surface area contributed by atoms with E-state index in [0.29, 0.717) is 12.8 Å². The van der Waals surface area contributed by atoms with Crippen molar-refractivity contribution in [1.29, 1.82) is 0 Å². The second kappa shape index (κ2) is 5.45. The summed E-state index contributed by atoms with van der Waals surface area (Å²) in [4.78, 5) is 33.1. The number of hydrogen-bond acceptors (Lipinski definition) is 4. The highest BCUT2D eigenvalue weighted by Crippen LogP contribution is 2.06. The number of hydrogen-bond donors (Lipinski definition) is 3. The molecule has 0 aromatic heterocycles. The Labute approximate surface area is 92.1 Å². The molecule has 1 aliphatic heterocycles. The van der Waals surface area contributed by atoms with Crippen LogP contribution in [0.2, 0.25) is 0 Å². The maximum absolute atomic E-state index is 11.5. The average Bonchev–Trinajstić information content (AvgIpc) is 2.64. The van der Waals surface area contributed by atoms with E-state index in [4.69, 9.17) is 5.11 Å². The second-order valence-corrected chi connectivity index (χ2v) is 3.51. The molecular weight excluding hydrogens is 216 g/mol. The second-order valence-electron chi connectivity index (χ2n) is 3.51. The van der Waals surface area contributed by atoms with Crippen molar-refractivity contribution in [2.45, 2.75) is 24.9 Å². The summed E-state index contributed by atoms with van der Waals surface area (Å²) in [5.41, 5.74) is 0. The molecule has 7 heteroatoms. The van der Waals surface area contributed by atoms with Crippen molar-refractivity contribution in [2.75, 3.05) is 13.7 Å². The van der Waals surface area contributed by atoms with Crippen LogP contribution in [0.1, 0.15) is 12.8 Å². The van der Waals surface area contributed by atoms with Gasteiger partial charge in [0, 0.05) is 13.5 Å². The largest absolute Gasteiger partial charge is 0.480 e. The molecule has 90 valence electrons. The van der Waals surface area contributed by atoms with Gasteiger partial charge in [0.2, 0.25) is 11.8 Å². The first kappa shape index (κ1) is 12.4. The number of carboxylic acid groups (broad SMARTS) is 1. The quantitative estimate of drug-likeness (QED) is 0.532. The van der Waals surface area contributed by atoms with Crippen LogP contribution in [0.15, 0.2) is 0 Å². The van der Waals surface area contributed by atoms with Gasteiger partial charge in [-0.1, -0.05) is 0 Å². The van der Waals surface area contributed by atoms with E-state index in [-0.39, 0.29) is 12.5 Å². The molecule has 0 bridgehead atoms. The number of carboxylic acids is 1. The normalized spacial score (nSPS) is 21.3. The number of nitrogens with one attached hydrogen (secondary N) is 2. The highest BCUT2D eigenvalue weighted by molar-refractivity contribution is 5.92. The fourth-order valence-electron chi connectivity index (χ4n) is 1.42. The summed E-state index contributed by atoms with van der Waals surface area (Å²) in [6.07, 6.45) is 0.685. The van der Waals surface area contributed by atoms with Gasteiger partial charge in [-0.2, -0.15) is 0 Å². The number of carbonyl (C=O) groups is 3. The predicted octanol–water partition coefficient (Wildman–Crippen LogP) is -1.52. The molecule has 1 saturated heterocycles. The van der Waals surface area contributed by atoms with Crippen LogP contribution in [-0.4, -0.2) is 48.7 Å². The van der Waals surface area contributed by atoms with Gasteiger partial charge in [0.1, 0.15) is 6.04 Å². The fourth-order valence-corrected chi connectivity index (χ4v) is 1.42. The Hall–Kier alpha value is -1.63. The van der Waals surface area contributed by atoms with Gasteiger partial charge in [0.05, 0.1) is 6.61 Å². The number of carbonyl (C=O) groups excluding carboxylic acids is 2. The predicted molar refractivity (Wildman–Crippen MR) is 52.6 cm³/mol. The SMILES string of the molecule is COCC(NC(=O)[C@H]1CCC(=O)N1)C(=O)O. The Morgan fingerprint density at radius 1 is 1.69 bits per heavy atom. The number of aliphatic carboxylic acids is 1. The Balaban J connectivity index is 2.48. The minimum absolute atomic E-state index is 0.109. The van der Waals surface area contributed by atoms with Crippen molar-refractivity contribution >= 4 is 17.8 Å². The van der Waals surface area contributed by atoms with Crippen LogP contribution in [0.3, 0.4) is 0 Å². The van der Waals surface area contributed by atoms with Crippen LogP contribution in [0, 0.1) is 0 Å². The monoisotopic (exact) mass is 230 g/mol. The molecule has 1 heterocycles. The molecule has 0 aliphatic carbocycles. The molecule has 1 rings (SSSR count). The lowest BCUT2D eigenvalue weighted by molar-refractivity contribution is -0.143. The van der Waals surface area contributed by atoms with Crippen LogP contribution < -0.4 is 10.6 Å². The van der Waals surface area contributed by atoms with Crippen LogP contribution in [-0.2, 0) is 19.1 Å². The molecule has 1 fully saturated rings. The van der Waals surface area contributed by atoms with Gasteiger partial charge in [-0.3, -0.25) is 9.59 Å². The smallest absolute Gasteiger partial charge is 0.328 e. The first-order chi connectivity index (χ1) is 7.54. The Kier molecular flexibility index (Phi) is 4.24. The van der Waals surface area contributed by atoms with Crippen LogP contribution in [0.4, 0.5) is 0 Å². The van der Waals surface area contributed by atoms with Gasteiger partial charge >= 0.3 is 5.97 Å². The molecule has 7 nitrogen and oxygen atoms in total. The molecule has 0 radical (unpaired) electrons. The molecule has 0 aromatic carbocycles. The van der Waals surface area contributed by atoms with Gasteiger partial charge < -0.3 is 20.5 Å². The van der Waals surface area contributed by atoms with E-state index in [1.54, 1.807) is 0 Å². The van der Waals surface area contributed by atoms with Gasteiger partial charge in [-0.25, -0.2) is 4.79 Å². The molecule has 1 aliphatic rings. The molecule has 2 amide bonds. The van der Waals surface area contributed by atoms with Crippen molar-refractivity contribution in [1.82, 2.24) is 10.6 Å². The van der Waals surface area contributed by atoms with Crippen molar-refractivity contribution in [2.24, 2.45) is 0 Å². The van der Waals surface area contributed by atoms with E-state index in [1.807, 2.05) is 0 Å². The molecule has 2 atom stereocenters. The summed E-state index contributed by atoms with van der Waals surface area (Å²) in [6.45, 7) is -0.109. The zero-order chi connectivity index (χ0) is 12.1. The summed E-state index contributed by atoms with van der Waals surface area (Å²) in [5, 5.41) is 13.5. The third kappa shape index (κ3) is 3.20. The average molecular weight is 230 g/mol. The topological polar surface area (TPSA) is 105 Å². The van der Waals surface area contributed by atoms with Crippen molar-refractivity contribution < 1.29 is 24.2 Å². The van der Waals surface area contributed by atoms with Crippen LogP contribution >= 0.6 is 0 Å². The number of ether oxygens (including phenoxy) is 1. The number of amides is 2. The first-order valence-electron chi connectivity index (χ1n) is 4.86. The Bertz CT molecular complexity index is 304. The Morgan fingerprint density at radius 2 is 2.38 bits per heavy atom. The summed E-state index contributed by atoms with van der Waals surface area (Å²) in [5.74, 6) is -1.85. The summed E-state index contributed by atoms with van der Waals surface area (Å²) in [7, 11) is 1.35.